The number of nitrogens with zero attached hydrogens (tertiary/aromatic N) is 2. The lowest BCUT2D eigenvalue weighted by Crippen LogP contribution is -2.23. The first-order chi connectivity index (χ1) is 20.5. The minimum Gasteiger partial charge on any atom is -0.486 e. The molecule has 0 spiro atoms. The number of amides is 1. The quantitative estimate of drug-likeness (QED) is 0.271. The maximum atomic E-state index is 13.4. The SMILES string of the molecule is Cc1c(NS(=O)(=O)c2cc(C(=O)OCC(=O)Nc3ccc4c(c3)OCCO4)cc(Cl)c2Cl)c(=O)n(-c2ccccc2)n1C. The zero-order chi connectivity index (χ0) is 30.9. The summed E-state index contributed by atoms with van der Waals surface area (Å²) < 4.78 is 47.9. The number of esters is 1. The summed E-state index contributed by atoms with van der Waals surface area (Å²) in [4.78, 5) is 37.9. The number of carbonyl (C=O) groups is 2. The van der Waals surface area contributed by atoms with E-state index in [-0.39, 0.29) is 21.3 Å². The number of para-hydroxylation sites is 1. The molecule has 0 fully saturated rings. The van der Waals surface area contributed by atoms with Gasteiger partial charge in [0.05, 0.1) is 27.0 Å². The zero-order valence-corrected chi connectivity index (χ0v) is 25.0. The molecule has 0 unspecified atom stereocenters. The van der Waals surface area contributed by atoms with Gasteiger partial charge in [0.15, 0.2) is 18.1 Å². The van der Waals surface area contributed by atoms with Crippen molar-refractivity contribution in [3.05, 3.63) is 92.3 Å². The lowest BCUT2D eigenvalue weighted by atomic mass is 10.2. The van der Waals surface area contributed by atoms with Crippen LogP contribution < -0.4 is 25.1 Å². The molecule has 12 nitrogen and oxygen atoms in total. The highest BCUT2D eigenvalue weighted by Gasteiger charge is 2.27. The molecule has 1 aliphatic rings. The summed E-state index contributed by atoms with van der Waals surface area (Å²) in [5.41, 5.74) is 0.0979. The molecule has 1 aromatic heterocycles. The van der Waals surface area contributed by atoms with E-state index in [1.54, 1.807) is 62.5 Å². The predicted molar refractivity (Wildman–Crippen MR) is 159 cm³/mol. The third-order valence-corrected chi connectivity index (χ3v) is 8.76. The standard InChI is InChI=1S/C28H24Cl2N4O8S/c1-16-26(27(36)34(33(16)2)19-6-4-3-5-7-19)32-43(38,39)23-13-17(12-20(29)25(23)30)28(37)42-15-24(35)31-18-8-9-21-22(14-18)41-11-10-40-21/h3-9,12-14,32H,10-11,15H2,1-2H3,(H,31,35). The molecule has 224 valence electrons. The second-order valence-electron chi connectivity index (χ2n) is 9.29. The Morgan fingerprint density at radius 1 is 1.00 bits per heavy atom. The minimum absolute atomic E-state index is 0.220. The molecule has 2 heterocycles. The number of halogens is 2. The van der Waals surface area contributed by atoms with Gasteiger partial charge in [-0.3, -0.25) is 19.0 Å². The molecule has 43 heavy (non-hydrogen) atoms. The van der Waals surface area contributed by atoms with Crippen LogP contribution in [-0.4, -0.2) is 49.5 Å². The van der Waals surface area contributed by atoms with Crippen molar-refractivity contribution in [3.63, 3.8) is 0 Å². The van der Waals surface area contributed by atoms with Crippen LogP contribution in [0.5, 0.6) is 11.5 Å². The number of ether oxygens (including phenoxy) is 3. The number of fused-ring (bicyclic) bond motifs is 1. The average Bonchev–Trinajstić information content (AvgIpc) is 3.19. The molecule has 5 rings (SSSR count). The van der Waals surface area contributed by atoms with Crippen LogP contribution >= 0.6 is 23.2 Å². The van der Waals surface area contributed by atoms with Crippen molar-refractivity contribution >= 4 is 56.5 Å². The molecule has 0 aliphatic carbocycles. The highest BCUT2D eigenvalue weighted by Crippen LogP contribution is 2.34. The van der Waals surface area contributed by atoms with E-state index in [4.69, 9.17) is 37.4 Å². The average molecular weight is 647 g/mol. The fraction of sp³-hybridized carbons (Fsp3) is 0.179. The van der Waals surface area contributed by atoms with Gasteiger partial charge in [0.2, 0.25) is 0 Å². The molecular weight excluding hydrogens is 623 g/mol. The van der Waals surface area contributed by atoms with Crippen molar-refractivity contribution in [1.29, 1.82) is 0 Å². The van der Waals surface area contributed by atoms with E-state index in [1.165, 1.54) is 9.36 Å². The molecule has 1 amide bonds. The predicted octanol–water partition coefficient (Wildman–Crippen LogP) is 4.16. The van der Waals surface area contributed by atoms with Gasteiger partial charge in [-0.25, -0.2) is 17.9 Å². The van der Waals surface area contributed by atoms with Crippen molar-refractivity contribution in [3.8, 4) is 17.2 Å². The minimum atomic E-state index is -4.53. The van der Waals surface area contributed by atoms with Crippen LogP contribution in [0.3, 0.4) is 0 Å². The number of rotatable bonds is 8. The third-order valence-electron chi connectivity index (χ3n) is 6.47. The van der Waals surface area contributed by atoms with E-state index in [0.717, 1.165) is 12.1 Å². The van der Waals surface area contributed by atoms with Gasteiger partial charge in [-0.05, 0) is 43.3 Å². The van der Waals surface area contributed by atoms with Crippen LogP contribution in [0, 0.1) is 6.92 Å². The second kappa shape index (κ2) is 12.0. The van der Waals surface area contributed by atoms with Crippen LogP contribution in [0.15, 0.2) is 70.4 Å². The monoisotopic (exact) mass is 646 g/mol. The summed E-state index contributed by atoms with van der Waals surface area (Å²) in [6, 6.07) is 15.5. The molecule has 15 heteroatoms. The summed E-state index contributed by atoms with van der Waals surface area (Å²) in [6.45, 7) is 1.67. The molecule has 0 atom stereocenters. The second-order valence-corrected chi connectivity index (χ2v) is 11.7. The fourth-order valence-corrected chi connectivity index (χ4v) is 6.22. The highest BCUT2D eigenvalue weighted by atomic mass is 35.5. The largest absolute Gasteiger partial charge is 0.486 e. The Morgan fingerprint density at radius 2 is 1.70 bits per heavy atom. The van der Waals surface area contributed by atoms with E-state index in [0.29, 0.717) is 41.8 Å². The van der Waals surface area contributed by atoms with Crippen molar-refractivity contribution in [2.75, 3.05) is 29.9 Å². The van der Waals surface area contributed by atoms with Gasteiger partial charge >= 0.3 is 5.97 Å². The number of nitrogens with one attached hydrogen (secondary N) is 2. The van der Waals surface area contributed by atoms with E-state index < -0.39 is 39.0 Å². The molecule has 1 aliphatic heterocycles. The normalized spacial score (nSPS) is 12.5. The number of anilines is 2. The van der Waals surface area contributed by atoms with Crippen LogP contribution in [0.4, 0.5) is 11.4 Å². The number of hydrogen-bond donors (Lipinski definition) is 2. The molecule has 4 aromatic rings. The summed E-state index contributed by atoms with van der Waals surface area (Å²) in [5.74, 6) is -0.688. The Bertz CT molecular complexity index is 1910. The number of sulfonamides is 1. The first kappa shape index (κ1) is 30.0. The Labute approximate surface area is 255 Å². The van der Waals surface area contributed by atoms with Crippen LogP contribution in [0.2, 0.25) is 10.0 Å². The maximum absolute atomic E-state index is 13.4. The highest BCUT2D eigenvalue weighted by molar-refractivity contribution is 7.92. The summed E-state index contributed by atoms with van der Waals surface area (Å²) >= 11 is 12.4. The topological polar surface area (TPSA) is 147 Å². The van der Waals surface area contributed by atoms with E-state index in [9.17, 15) is 22.8 Å². The number of aromatic nitrogens is 2. The Morgan fingerprint density at radius 3 is 2.42 bits per heavy atom. The Kier molecular flexibility index (Phi) is 8.40. The molecule has 0 saturated carbocycles. The van der Waals surface area contributed by atoms with Gasteiger partial charge in [-0.2, -0.15) is 0 Å². The van der Waals surface area contributed by atoms with Crippen LogP contribution in [0.25, 0.3) is 5.69 Å². The molecule has 0 radical (unpaired) electrons. The first-order valence-corrected chi connectivity index (χ1v) is 14.9. The van der Waals surface area contributed by atoms with Crippen molar-refractivity contribution in [2.24, 2.45) is 7.05 Å². The zero-order valence-electron chi connectivity index (χ0n) is 22.7. The van der Waals surface area contributed by atoms with E-state index >= 15 is 0 Å². The van der Waals surface area contributed by atoms with Crippen molar-refractivity contribution in [1.82, 2.24) is 9.36 Å². The lowest BCUT2D eigenvalue weighted by Gasteiger charge is -2.19. The fourth-order valence-electron chi connectivity index (χ4n) is 4.29. The number of benzene rings is 3. The lowest BCUT2D eigenvalue weighted by molar-refractivity contribution is -0.119. The van der Waals surface area contributed by atoms with Crippen molar-refractivity contribution in [2.45, 2.75) is 11.8 Å². The van der Waals surface area contributed by atoms with Crippen LogP contribution in [0.1, 0.15) is 16.1 Å². The van der Waals surface area contributed by atoms with Gasteiger partial charge in [0, 0.05) is 18.8 Å². The van der Waals surface area contributed by atoms with Gasteiger partial charge in [0.1, 0.15) is 23.8 Å². The number of carbonyl (C=O) groups excluding carboxylic acids is 2. The van der Waals surface area contributed by atoms with E-state index in [2.05, 4.69) is 10.0 Å². The van der Waals surface area contributed by atoms with Gasteiger partial charge < -0.3 is 19.5 Å². The number of hydrogen-bond acceptors (Lipinski definition) is 8. The summed E-state index contributed by atoms with van der Waals surface area (Å²) in [5, 5.41) is 1.94. The molecule has 3 aromatic carbocycles. The van der Waals surface area contributed by atoms with Gasteiger partial charge in [-0.15, -0.1) is 0 Å². The smallest absolute Gasteiger partial charge is 0.338 e. The van der Waals surface area contributed by atoms with Crippen molar-refractivity contribution < 1.29 is 32.2 Å². The van der Waals surface area contributed by atoms with Gasteiger partial charge in [0.25, 0.3) is 21.5 Å². The van der Waals surface area contributed by atoms with Gasteiger partial charge in [-0.1, -0.05) is 41.4 Å². The summed E-state index contributed by atoms with van der Waals surface area (Å²) in [6.07, 6.45) is 0. The summed E-state index contributed by atoms with van der Waals surface area (Å²) in [7, 11) is -2.93. The Hall–Kier alpha value is -4.46. The first-order valence-electron chi connectivity index (χ1n) is 12.7. The molecular formula is C28H24Cl2N4O8S. The molecule has 0 bridgehead atoms. The third kappa shape index (κ3) is 6.19. The van der Waals surface area contributed by atoms with Crippen LogP contribution in [-0.2, 0) is 26.6 Å². The molecule has 2 N–H and O–H groups in total. The molecule has 0 saturated heterocycles. The Balaban J connectivity index is 1.33. The maximum Gasteiger partial charge on any atom is 0.338 e. The van der Waals surface area contributed by atoms with E-state index in [1.807, 2.05) is 0 Å².